The number of hydrogen-bond acceptors (Lipinski definition) is 3. The van der Waals surface area contributed by atoms with Crippen LogP contribution < -0.4 is 5.32 Å². The second-order valence-electron chi connectivity index (χ2n) is 3.84. The number of aromatic nitrogens is 1. The highest BCUT2D eigenvalue weighted by molar-refractivity contribution is 6.29. The molecule has 1 N–H and O–H groups in total. The fraction of sp³-hybridized carbons (Fsp3) is 0.143. The van der Waals surface area contributed by atoms with Crippen molar-refractivity contribution in [2.45, 2.75) is 6.42 Å². The van der Waals surface area contributed by atoms with E-state index >= 15 is 0 Å². The fourth-order valence-electron chi connectivity index (χ4n) is 1.63. The Kier molecular flexibility index (Phi) is 4.16. The van der Waals surface area contributed by atoms with Crippen molar-refractivity contribution in [1.29, 1.82) is 5.26 Å². The smallest absolute Gasteiger partial charge is 0.132 e. The van der Waals surface area contributed by atoms with Crippen LogP contribution in [0.2, 0.25) is 5.15 Å². The molecule has 90 valence electrons. The van der Waals surface area contributed by atoms with E-state index in [1.165, 1.54) is 5.56 Å². The Labute approximate surface area is 111 Å². The van der Waals surface area contributed by atoms with Gasteiger partial charge >= 0.3 is 0 Å². The Morgan fingerprint density at radius 2 is 2.00 bits per heavy atom. The number of nitriles is 1. The van der Waals surface area contributed by atoms with Gasteiger partial charge < -0.3 is 5.32 Å². The van der Waals surface area contributed by atoms with E-state index in [-0.39, 0.29) is 0 Å². The molecular weight excluding hydrogens is 246 g/mol. The maximum absolute atomic E-state index is 8.83. The molecule has 4 heteroatoms. The molecule has 0 aliphatic heterocycles. The molecule has 0 fully saturated rings. The van der Waals surface area contributed by atoms with E-state index in [9.17, 15) is 0 Å². The molecule has 1 heterocycles. The first-order valence-electron chi connectivity index (χ1n) is 5.63. The topological polar surface area (TPSA) is 48.7 Å². The molecule has 1 aromatic carbocycles. The second-order valence-corrected chi connectivity index (χ2v) is 4.23. The van der Waals surface area contributed by atoms with E-state index in [4.69, 9.17) is 16.9 Å². The molecule has 0 saturated heterocycles. The molecule has 1 aromatic heterocycles. The van der Waals surface area contributed by atoms with Gasteiger partial charge in [-0.15, -0.1) is 0 Å². The molecule has 0 unspecified atom stereocenters. The lowest BCUT2D eigenvalue weighted by molar-refractivity contribution is 1.01. The number of pyridine rings is 1. The van der Waals surface area contributed by atoms with E-state index < -0.39 is 0 Å². The number of nitrogens with one attached hydrogen (secondary N) is 1. The van der Waals surface area contributed by atoms with Crippen molar-refractivity contribution >= 4 is 17.4 Å². The molecule has 0 saturated carbocycles. The minimum absolute atomic E-state index is 0.330. The Bertz CT molecular complexity index is 561. The molecule has 0 atom stereocenters. The maximum Gasteiger partial charge on any atom is 0.132 e. The van der Waals surface area contributed by atoms with Crippen molar-refractivity contribution in [3.8, 4) is 6.07 Å². The van der Waals surface area contributed by atoms with E-state index in [1.54, 1.807) is 12.1 Å². The van der Waals surface area contributed by atoms with E-state index in [2.05, 4.69) is 28.5 Å². The van der Waals surface area contributed by atoms with Crippen LogP contribution in [-0.2, 0) is 6.42 Å². The van der Waals surface area contributed by atoms with E-state index in [0.717, 1.165) is 13.0 Å². The highest BCUT2D eigenvalue weighted by Gasteiger charge is 2.00. The Hall–Kier alpha value is -2.05. The van der Waals surface area contributed by atoms with Gasteiger partial charge in [-0.2, -0.15) is 5.26 Å². The highest BCUT2D eigenvalue weighted by Crippen LogP contribution is 2.13. The summed E-state index contributed by atoms with van der Waals surface area (Å²) in [6.07, 6.45) is 0.900. The predicted octanol–water partition coefficient (Wildman–Crippen LogP) is 3.26. The molecule has 0 amide bonds. The van der Waals surface area contributed by atoms with Crippen molar-refractivity contribution in [3.05, 3.63) is 58.7 Å². The first-order valence-corrected chi connectivity index (χ1v) is 6.01. The zero-order chi connectivity index (χ0) is 12.8. The summed E-state index contributed by atoms with van der Waals surface area (Å²) in [5.74, 6) is 0.634. The van der Waals surface area contributed by atoms with Crippen LogP contribution >= 0.6 is 11.6 Å². The molecule has 0 radical (unpaired) electrons. The van der Waals surface area contributed by atoms with Gasteiger partial charge in [-0.25, -0.2) is 4.98 Å². The third-order valence-corrected chi connectivity index (χ3v) is 2.68. The van der Waals surface area contributed by atoms with Crippen molar-refractivity contribution in [2.24, 2.45) is 0 Å². The summed E-state index contributed by atoms with van der Waals surface area (Å²) < 4.78 is 0. The minimum atomic E-state index is 0.330. The lowest BCUT2D eigenvalue weighted by Crippen LogP contribution is -2.06. The van der Waals surface area contributed by atoms with Crippen molar-refractivity contribution in [2.75, 3.05) is 11.9 Å². The first-order chi connectivity index (χ1) is 8.78. The SMILES string of the molecule is N#Cc1cc(Cl)nc(NCCc2ccccc2)c1. The number of benzene rings is 1. The Morgan fingerprint density at radius 1 is 1.22 bits per heavy atom. The summed E-state index contributed by atoms with van der Waals surface area (Å²) in [6.45, 7) is 0.752. The van der Waals surface area contributed by atoms with Crippen LogP contribution in [0.4, 0.5) is 5.82 Å². The number of anilines is 1. The van der Waals surface area contributed by atoms with Gasteiger partial charge in [0.1, 0.15) is 11.0 Å². The van der Waals surface area contributed by atoms with Crippen LogP contribution in [0.3, 0.4) is 0 Å². The van der Waals surface area contributed by atoms with Crippen molar-refractivity contribution in [1.82, 2.24) is 4.98 Å². The average molecular weight is 258 g/mol. The molecule has 18 heavy (non-hydrogen) atoms. The zero-order valence-electron chi connectivity index (χ0n) is 9.73. The summed E-state index contributed by atoms with van der Waals surface area (Å²) in [5.41, 5.74) is 1.77. The molecule has 2 rings (SSSR count). The Balaban J connectivity index is 1.95. The molecule has 0 bridgehead atoms. The maximum atomic E-state index is 8.83. The fourth-order valence-corrected chi connectivity index (χ4v) is 1.84. The first kappa shape index (κ1) is 12.4. The van der Waals surface area contributed by atoms with Crippen molar-refractivity contribution in [3.63, 3.8) is 0 Å². The molecule has 2 aromatic rings. The van der Waals surface area contributed by atoms with Gasteiger partial charge in [-0.3, -0.25) is 0 Å². The zero-order valence-corrected chi connectivity index (χ0v) is 10.5. The minimum Gasteiger partial charge on any atom is -0.370 e. The van der Waals surface area contributed by atoms with Crippen molar-refractivity contribution < 1.29 is 0 Å². The Morgan fingerprint density at radius 3 is 2.72 bits per heavy atom. The number of nitrogens with zero attached hydrogens (tertiary/aromatic N) is 2. The van der Waals surface area contributed by atoms with Crippen LogP contribution in [0, 0.1) is 11.3 Å². The quantitative estimate of drug-likeness (QED) is 0.856. The summed E-state index contributed by atoms with van der Waals surface area (Å²) in [6, 6.07) is 15.5. The molecule has 3 nitrogen and oxygen atoms in total. The number of rotatable bonds is 4. The summed E-state index contributed by atoms with van der Waals surface area (Å²) >= 11 is 5.82. The lowest BCUT2D eigenvalue weighted by Gasteiger charge is -2.06. The van der Waals surface area contributed by atoms with Crippen LogP contribution in [0.5, 0.6) is 0 Å². The normalized spacial score (nSPS) is 9.78. The molecular formula is C14H12ClN3. The van der Waals surface area contributed by atoms with Gasteiger partial charge in [0.05, 0.1) is 11.6 Å². The van der Waals surface area contributed by atoms with Gasteiger partial charge in [0.2, 0.25) is 0 Å². The summed E-state index contributed by atoms with van der Waals surface area (Å²) in [7, 11) is 0. The summed E-state index contributed by atoms with van der Waals surface area (Å²) in [5, 5.41) is 12.3. The highest BCUT2D eigenvalue weighted by atomic mass is 35.5. The molecule has 0 spiro atoms. The van der Waals surface area contributed by atoms with Gasteiger partial charge in [0.15, 0.2) is 0 Å². The largest absolute Gasteiger partial charge is 0.370 e. The van der Waals surface area contributed by atoms with Gasteiger partial charge in [0, 0.05) is 6.54 Å². The number of hydrogen-bond donors (Lipinski definition) is 1. The number of halogens is 1. The van der Waals surface area contributed by atoms with Crippen LogP contribution in [0.15, 0.2) is 42.5 Å². The average Bonchev–Trinajstić information content (AvgIpc) is 2.39. The molecule has 0 aliphatic rings. The standard InChI is InChI=1S/C14H12ClN3/c15-13-8-12(10-16)9-14(18-13)17-7-6-11-4-2-1-3-5-11/h1-5,8-9H,6-7H2,(H,17,18). The van der Waals surface area contributed by atoms with E-state index in [0.29, 0.717) is 16.5 Å². The monoisotopic (exact) mass is 257 g/mol. The third kappa shape index (κ3) is 3.47. The van der Waals surface area contributed by atoms with Gasteiger partial charge in [-0.1, -0.05) is 41.9 Å². The van der Waals surface area contributed by atoms with Crippen LogP contribution in [0.25, 0.3) is 0 Å². The third-order valence-electron chi connectivity index (χ3n) is 2.49. The van der Waals surface area contributed by atoms with Crippen LogP contribution in [0.1, 0.15) is 11.1 Å². The molecule has 0 aliphatic carbocycles. The summed E-state index contributed by atoms with van der Waals surface area (Å²) in [4.78, 5) is 4.12. The predicted molar refractivity (Wildman–Crippen MR) is 72.6 cm³/mol. The van der Waals surface area contributed by atoms with E-state index in [1.807, 2.05) is 18.2 Å². The van der Waals surface area contributed by atoms with Gasteiger partial charge in [0.25, 0.3) is 0 Å². The van der Waals surface area contributed by atoms with Gasteiger partial charge in [-0.05, 0) is 24.1 Å². The van der Waals surface area contributed by atoms with Crippen LogP contribution in [-0.4, -0.2) is 11.5 Å². The second kappa shape index (κ2) is 6.04. The lowest BCUT2D eigenvalue weighted by atomic mass is 10.1.